The van der Waals surface area contributed by atoms with Crippen molar-refractivity contribution in [3.63, 3.8) is 0 Å². The molecule has 1 aliphatic rings. The fourth-order valence-electron chi connectivity index (χ4n) is 2.53. The topological polar surface area (TPSA) is 52.6 Å². The number of benzene rings is 1. The Morgan fingerprint density at radius 3 is 2.67 bits per heavy atom. The van der Waals surface area contributed by atoms with Crippen LogP contribution in [0.15, 0.2) is 30.3 Å². The fourth-order valence-corrected chi connectivity index (χ4v) is 2.53. The summed E-state index contributed by atoms with van der Waals surface area (Å²) in [5.41, 5.74) is 0.592. The first-order chi connectivity index (χ1) is 9.88. The van der Waals surface area contributed by atoms with E-state index in [9.17, 15) is 23.1 Å². The smallest absolute Gasteiger partial charge is 0.382 e. The molecule has 0 spiro atoms. The van der Waals surface area contributed by atoms with Crippen LogP contribution in [0.5, 0.6) is 0 Å². The van der Waals surface area contributed by atoms with Gasteiger partial charge in [0.15, 0.2) is 6.10 Å². The minimum absolute atomic E-state index is 0.160. The van der Waals surface area contributed by atoms with Gasteiger partial charge in [-0.2, -0.15) is 13.2 Å². The molecule has 0 saturated carbocycles. The molecule has 21 heavy (non-hydrogen) atoms. The second-order valence-corrected chi connectivity index (χ2v) is 5.08. The third-order valence-electron chi connectivity index (χ3n) is 3.52. The maximum Gasteiger partial charge on any atom is 0.415 e. The van der Waals surface area contributed by atoms with Gasteiger partial charge in [-0.1, -0.05) is 18.2 Å². The molecule has 0 unspecified atom stereocenters. The highest BCUT2D eigenvalue weighted by atomic mass is 19.4. The highest BCUT2D eigenvalue weighted by molar-refractivity contribution is 5.92. The Balaban J connectivity index is 1.93. The summed E-state index contributed by atoms with van der Waals surface area (Å²) >= 11 is 0. The van der Waals surface area contributed by atoms with Crippen molar-refractivity contribution in [2.75, 3.05) is 18.4 Å². The first kappa shape index (κ1) is 15.8. The number of halogens is 3. The van der Waals surface area contributed by atoms with Crippen molar-refractivity contribution in [3.05, 3.63) is 30.3 Å². The number of alkyl halides is 3. The molecule has 0 radical (unpaired) electrons. The second-order valence-electron chi connectivity index (χ2n) is 5.08. The molecule has 2 atom stereocenters. The largest absolute Gasteiger partial charge is 0.415 e. The molecule has 1 aromatic carbocycles. The number of carbonyl (C=O) groups is 1. The zero-order valence-electron chi connectivity index (χ0n) is 11.3. The highest BCUT2D eigenvalue weighted by Gasteiger charge is 2.47. The molecule has 0 aliphatic carbocycles. The molecule has 1 amide bonds. The zero-order chi connectivity index (χ0) is 15.5. The van der Waals surface area contributed by atoms with Gasteiger partial charge in [-0.05, 0) is 31.5 Å². The summed E-state index contributed by atoms with van der Waals surface area (Å²) in [7, 11) is 0. The fraction of sp³-hybridized carbons (Fsp3) is 0.500. The van der Waals surface area contributed by atoms with E-state index in [2.05, 4.69) is 5.32 Å². The first-order valence-corrected chi connectivity index (χ1v) is 6.71. The molecule has 1 aliphatic heterocycles. The molecule has 7 heteroatoms. The predicted octanol–water partition coefficient (Wildman–Crippen LogP) is 2.01. The maximum absolute atomic E-state index is 12.6. The number of carbonyl (C=O) groups excluding carboxylic acids is 1. The summed E-state index contributed by atoms with van der Waals surface area (Å²) in [4.78, 5) is 13.3. The Kier molecular flexibility index (Phi) is 4.84. The Morgan fingerprint density at radius 1 is 1.38 bits per heavy atom. The first-order valence-electron chi connectivity index (χ1n) is 6.71. The van der Waals surface area contributed by atoms with Gasteiger partial charge in [-0.3, -0.25) is 9.69 Å². The number of aliphatic hydroxyl groups excluding tert-OH is 1. The Hall–Kier alpha value is -1.60. The van der Waals surface area contributed by atoms with Gasteiger partial charge in [0.25, 0.3) is 0 Å². The van der Waals surface area contributed by atoms with Crippen LogP contribution in [0.2, 0.25) is 0 Å². The van der Waals surface area contributed by atoms with Gasteiger partial charge in [0.05, 0.1) is 6.54 Å². The Bertz CT molecular complexity index is 479. The van der Waals surface area contributed by atoms with Gasteiger partial charge >= 0.3 is 6.18 Å². The van der Waals surface area contributed by atoms with Crippen LogP contribution in [0.4, 0.5) is 18.9 Å². The number of likely N-dealkylation sites (tertiary alicyclic amines) is 1. The lowest BCUT2D eigenvalue weighted by molar-refractivity contribution is -0.219. The summed E-state index contributed by atoms with van der Waals surface area (Å²) in [5.74, 6) is -0.387. The number of para-hydroxylation sites is 1. The van der Waals surface area contributed by atoms with E-state index in [0.29, 0.717) is 18.7 Å². The number of hydrogen-bond donors (Lipinski definition) is 2. The number of rotatable bonds is 4. The van der Waals surface area contributed by atoms with Gasteiger partial charge in [-0.25, -0.2) is 0 Å². The molecule has 0 aromatic heterocycles. The van der Waals surface area contributed by atoms with E-state index >= 15 is 0 Å². The van der Waals surface area contributed by atoms with Crippen LogP contribution in [-0.2, 0) is 4.79 Å². The molecule has 2 N–H and O–H groups in total. The average Bonchev–Trinajstić information content (AvgIpc) is 2.85. The molecule has 2 rings (SSSR count). The second kappa shape index (κ2) is 6.44. The summed E-state index contributed by atoms with van der Waals surface area (Å²) in [6.45, 7) is 0.215. The van der Waals surface area contributed by atoms with Gasteiger partial charge < -0.3 is 10.4 Å². The average molecular weight is 302 g/mol. The normalized spacial score (nSPS) is 21.2. The Morgan fingerprint density at radius 2 is 2.05 bits per heavy atom. The number of anilines is 1. The lowest BCUT2D eigenvalue weighted by Crippen LogP contribution is -2.49. The van der Waals surface area contributed by atoms with Gasteiger partial charge in [-0.15, -0.1) is 0 Å². The van der Waals surface area contributed by atoms with Gasteiger partial charge in [0.1, 0.15) is 0 Å². The predicted molar refractivity (Wildman–Crippen MR) is 71.7 cm³/mol. The quantitative estimate of drug-likeness (QED) is 0.894. The number of amides is 1. The monoisotopic (exact) mass is 302 g/mol. The molecule has 1 saturated heterocycles. The SMILES string of the molecule is O=C(CN1CCC[C@@H]1[C@@H](O)C(F)(F)F)Nc1ccccc1. The summed E-state index contributed by atoms with van der Waals surface area (Å²) in [6, 6.07) is 7.65. The number of hydrogen-bond acceptors (Lipinski definition) is 3. The zero-order valence-corrected chi connectivity index (χ0v) is 11.3. The van der Waals surface area contributed by atoms with Crippen LogP contribution < -0.4 is 5.32 Å². The van der Waals surface area contributed by atoms with Crippen LogP contribution in [-0.4, -0.2) is 47.3 Å². The van der Waals surface area contributed by atoms with Gasteiger partial charge in [0, 0.05) is 11.7 Å². The molecule has 1 fully saturated rings. The molecule has 1 aromatic rings. The number of aliphatic hydroxyl groups is 1. The van der Waals surface area contributed by atoms with Crippen molar-refractivity contribution in [3.8, 4) is 0 Å². The molecule has 116 valence electrons. The molecular weight excluding hydrogens is 285 g/mol. The summed E-state index contributed by atoms with van der Waals surface area (Å²) in [6.07, 6.45) is -6.30. The van der Waals surface area contributed by atoms with Crippen molar-refractivity contribution in [1.29, 1.82) is 0 Å². The molecule has 1 heterocycles. The van der Waals surface area contributed by atoms with Crippen molar-refractivity contribution in [2.24, 2.45) is 0 Å². The van der Waals surface area contributed by atoms with Crippen LogP contribution in [0.3, 0.4) is 0 Å². The third kappa shape index (κ3) is 4.18. The number of nitrogens with zero attached hydrogens (tertiary/aromatic N) is 1. The minimum atomic E-state index is -4.66. The molecule has 0 bridgehead atoms. The van der Waals surface area contributed by atoms with E-state index in [4.69, 9.17) is 0 Å². The molecule has 4 nitrogen and oxygen atoms in total. The minimum Gasteiger partial charge on any atom is -0.382 e. The van der Waals surface area contributed by atoms with Gasteiger partial charge in [0.2, 0.25) is 5.91 Å². The van der Waals surface area contributed by atoms with Crippen molar-refractivity contribution < 1.29 is 23.1 Å². The van der Waals surface area contributed by atoms with E-state index < -0.39 is 18.3 Å². The van der Waals surface area contributed by atoms with E-state index in [-0.39, 0.29) is 18.9 Å². The van der Waals surface area contributed by atoms with Crippen molar-refractivity contribution in [2.45, 2.75) is 31.2 Å². The Labute approximate surface area is 120 Å². The highest BCUT2D eigenvalue weighted by Crippen LogP contribution is 2.30. The van der Waals surface area contributed by atoms with Crippen LogP contribution in [0, 0.1) is 0 Å². The van der Waals surface area contributed by atoms with E-state index in [1.165, 1.54) is 4.90 Å². The molecular formula is C14H17F3N2O2. The summed E-state index contributed by atoms with van der Waals surface area (Å²) in [5, 5.41) is 12.0. The third-order valence-corrected chi connectivity index (χ3v) is 3.52. The van der Waals surface area contributed by atoms with Crippen molar-refractivity contribution >= 4 is 11.6 Å². The van der Waals surface area contributed by atoms with E-state index in [1.807, 2.05) is 0 Å². The standard InChI is InChI=1S/C14H17F3N2O2/c15-14(16,17)13(21)11-7-4-8-19(11)9-12(20)18-10-5-2-1-3-6-10/h1-3,5-6,11,13,21H,4,7-9H2,(H,18,20)/t11-,13-/m1/s1. The summed E-state index contributed by atoms with van der Waals surface area (Å²) < 4.78 is 37.7. The lowest BCUT2D eigenvalue weighted by Gasteiger charge is -2.29. The van der Waals surface area contributed by atoms with E-state index in [1.54, 1.807) is 30.3 Å². The van der Waals surface area contributed by atoms with E-state index in [0.717, 1.165) is 0 Å². The lowest BCUT2D eigenvalue weighted by atomic mass is 10.1. The number of nitrogens with one attached hydrogen (secondary N) is 1. The van der Waals surface area contributed by atoms with Crippen LogP contribution in [0.1, 0.15) is 12.8 Å². The van der Waals surface area contributed by atoms with Crippen molar-refractivity contribution in [1.82, 2.24) is 4.90 Å². The maximum atomic E-state index is 12.6. The van der Waals surface area contributed by atoms with Crippen LogP contribution >= 0.6 is 0 Å². The van der Waals surface area contributed by atoms with Crippen LogP contribution in [0.25, 0.3) is 0 Å².